The lowest BCUT2D eigenvalue weighted by molar-refractivity contribution is 0.182. The number of nitrogens with zero attached hydrogens (tertiary/aromatic N) is 1. The van der Waals surface area contributed by atoms with Crippen molar-refractivity contribution < 1.29 is 9.84 Å². The molecular formula is C16H17NO2. The van der Waals surface area contributed by atoms with Crippen molar-refractivity contribution in [2.24, 2.45) is 0 Å². The third-order valence-electron chi connectivity index (χ3n) is 3.54. The van der Waals surface area contributed by atoms with Gasteiger partial charge in [0.1, 0.15) is 11.9 Å². The zero-order chi connectivity index (χ0) is 13.1. The lowest BCUT2D eigenvalue weighted by Crippen LogP contribution is -2.15. The van der Waals surface area contributed by atoms with Crippen molar-refractivity contribution in [3.8, 4) is 5.75 Å². The number of pyridine rings is 1. The predicted molar refractivity (Wildman–Crippen MR) is 72.9 cm³/mol. The minimum atomic E-state index is -0.0571. The van der Waals surface area contributed by atoms with Crippen molar-refractivity contribution in [3.63, 3.8) is 0 Å². The second kappa shape index (κ2) is 5.41. The van der Waals surface area contributed by atoms with Crippen LogP contribution in [0, 0.1) is 0 Å². The van der Waals surface area contributed by atoms with Crippen molar-refractivity contribution in [3.05, 3.63) is 59.4 Å². The fourth-order valence-electron chi connectivity index (χ4n) is 2.61. The van der Waals surface area contributed by atoms with Crippen LogP contribution < -0.4 is 4.74 Å². The van der Waals surface area contributed by atoms with Gasteiger partial charge in [-0.3, -0.25) is 4.98 Å². The molecule has 0 fully saturated rings. The first-order valence-corrected chi connectivity index (χ1v) is 6.67. The van der Waals surface area contributed by atoms with E-state index in [0.29, 0.717) is 5.69 Å². The van der Waals surface area contributed by atoms with Gasteiger partial charge in [0.05, 0.1) is 12.3 Å². The van der Waals surface area contributed by atoms with E-state index in [2.05, 4.69) is 29.2 Å². The number of hydrogen-bond donors (Lipinski definition) is 1. The Kier molecular flexibility index (Phi) is 3.47. The molecule has 0 radical (unpaired) electrons. The van der Waals surface area contributed by atoms with E-state index in [9.17, 15) is 0 Å². The van der Waals surface area contributed by atoms with Crippen molar-refractivity contribution in [1.82, 2.24) is 4.98 Å². The van der Waals surface area contributed by atoms with E-state index in [-0.39, 0.29) is 12.7 Å². The normalized spacial score (nSPS) is 17.8. The van der Waals surface area contributed by atoms with Gasteiger partial charge in [0.2, 0.25) is 0 Å². The molecule has 1 heterocycles. The molecule has 0 saturated heterocycles. The summed E-state index contributed by atoms with van der Waals surface area (Å²) in [4.78, 5) is 4.07. The number of fused-ring (bicyclic) bond motifs is 1. The van der Waals surface area contributed by atoms with Gasteiger partial charge in [-0.2, -0.15) is 0 Å². The summed E-state index contributed by atoms with van der Waals surface area (Å²) in [6.07, 6.45) is 5.11. The van der Waals surface area contributed by atoms with E-state index in [1.54, 1.807) is 12.3 Å². The summed E-state index contributed by atoms with van der Waals surface area (Å²) in [5, 5.41) is 9.11. The average molecular weight is 255 g/mol. The topological polar surface area (TPSA) is 42.4 Å². The summed E-state index contributed by atoms with van der Waals surface area (Å²) in [6.45, 7) is -0.0571. The van der Waals surface area contributed by atoms with Crippen molar-refractivity contribution >= 4 is 0 Å². The van der Waals surface area contributed by atoms with Crippen LogP contribution in [0.2, 0.25) is 0 Å². The average Bonchev–Trinajstić information content (AvgIpc) is 2.48. The minimum absolute atomic E-state index is 0.0571. The minimum Gasteiger partial charge on any atom is -0.486 e. The fraction of sp³-hybridized carbons (Fsp3) is 0.312. The Hall–Kier alpha value is -1.87. The Morgan fingerprint density at radius 2 is 2.16 bits per heavy atom. The van der Waals surface area contributed by atoms with Gasteiger partial charge in [0, 0.05) is 12.3 Å². The largest absolute Gasteiger partial charge is 0.486 e. The van der Waals surface area contributed by atoms with E-state index in [4.69, 9.17) is 9.84 Å². The van der Waals surface area contributed by atoms with Crippen LogP contribution in [0.25, 0.3) is 0 Å². The lowest BCUT2D eigenvalue weighted by atomic mass is 9.89. The van der Waals surface area contributed by atoms with Crippen LogP contribution in [0.4, 0.5) is 0 Å². The molecule has 98 valence electrons. The van der Waals surface area contributed by atoms with Crippen LogP contribution in [-0.2, 0) is 13.0 Å². The van der Waals surface area contributed by atoms with E-state index >= 15 is 0 Å². The molecule has 1 aromatic carbocycles. The molecule has 0 saturated carbocycles. The van der Waals surface area contributed by atoms with Gasteiger partial charge >= 0.3 is 0 Å². The van der Waals surface area contributed by atoms with Crippen LogP contribution in [-0.4, -0.2) is 10.1 Å². The molecule has 0 spiro atoms. The molecule has 1 aliphatic rings. The number of rotatable bonds is 3. The van der Waals surface area contributed by atoms with E-state index in [1.165, 1.54) is 11.1 Å². The maximum Gasteiger partial charge on any atom is 0.124 e. The molecule has 1 unspecified atom stereocenters. The number of aliphatic hydroxyl groups excluding tert-OH is 1. The highest BCUT2D eigenvalue weighted by Crippen LogP contribution is 2.33. The van der Waals surface area contributed by atoms with Gasteiger partial charge in [-0.15, -0.1) is 0 Å². The van der Waals surface area contributed by atoms with Crippen LogP contribution >= 0.6 is 0 Å². The monoisotopic (exact) mass is 255 g/mol. The lowest BCUT2D eigenvalue weighted by Gasteiger charge is -2.26. The Balaban J connectivity index is 1.84. The second-order valence-corrected chi connectivity index (χ2v) is 4.84. The standard InChI is InChI=1S/C16H17NO2/c18-11-13-10-14(8-9-17-13)19-16-7-3-5-12-4-1-2-6-15(12)16/h1-2,4,6,8-10,16,18H,3,5,7,11H2. The third-order valence-corrected chi connectivity index (χ3v) is 3.54. The quantitative estimate of drug-likeness (QED) is 0.916. The molecule has 3 rings (SSSR count). The highest BCUT2D eigenvalue weighted by Gasteiger charge is 2.21. The Morgan fingerprint density at radius 1 is 1.26 bits per heavy atom. The Bertz CT molecular complexity index is 568. The SMILES string of the molecule is OCc1cc(OC2CCCc3ccccc32)ccn1. The number of aliphatic hydroxyl groups is 1. The summed E-state index contributed by atoms with van der Waals surface area (Å²) in [6, 6.07) is 12.1. The molecule has 0 aliphatic heterocycles. The van der Waals surface area contributed by atoms with Gasteiger partial charge in [0.15, 0.2) is 0 Å². The van der Waals surface area contributed by atoms with Crippen molar-refractivity contribution in [2.45, 2.75) is 32.0 Å². The van der Waals surface area contributed by atoms with Crippen LogP contribution in [0.5, 0.6) is 5.75 Å². The second-order valence-electron chi connectivity index (χ2n) is 4.84. The van der Waals surface area contributed by atoms with Crippen LogP contribution in [0.1, 0.15) is 35.8 Å². The van der Waals surface area contributed by atoms with E-state index in [0.717, 1.165) is 25.0 Å². The van der Waals surface area contributed by atoms with Gasteiger partial charge in [-0.1, -0.05) is 24.3 Å². The Morgan fingerprint density at radius 3 is 3.05 bits per heavy atom. The third kappa shape index (κ3) is 2.61. The van der Waals surface area contributed by atoms with E-state index in [1.807, 2.05) is 6.07 Å². The van der Waals surface area contributed by atoms with Gasteiger partial charge in [-0.25, -0.2) is 0 Å². The number of aromatic nitrogens is 1. The van der Waals surface area contributed by atoms with E-state index < -0.39 is 0 Å². The van der Waals surface area contributed by atoms with Crippen LogP contribution in [0.3, 0.4) is 0 Å². The Labute approximate surface area is 112 Å². The number of aryl methyl sites for hydroxylation is 1. The highest BCUT2D eigenvalue weighted by molar-refractivity contribution is 5.33. The first kappa shape index (κ1) is 12.2. The summed E-state index contributed by atoms with van der Waals surface area (Å²) in [5.41, 5.74) is 3.31. The smallest absolute Gasteiger partial charge is 0.124 e. The van der Waals surface area contributed by atoms with Crippen LogP contribution in [0.15, 0.2) is 42.6 Å². The predicted octanol–water partition coefficient (Wildman–Crippen LogP) is 3.03. The molecule has 2 aromatic rings. The molecule has 1 atom stereocenters. The molecular weight excluding hydrogens is 238 g/mol. The summed E-state index contributed by atoms with van der Waals surface area (Å²) < 4.78 is 6.07. The molecule has 3 heteroatoms. The van der Waals surface area contributed by atoms with Gasteiger partial charge in [0.25, 0.3) is 0 Å². The summed E-state index contributed by atoms with van der Waals surface area (Å²) in [5.74, 6) is 0.778. The summed E-state index contributed by atoms with van der Waals surface area (Å²) in [7, 11) is 0. The highest BCUT2D eigenvalue weighted by atomic mass is 16.5. The van der Waals surface area contributed by atoms with Crippen molar-refractivity contribution in [1.29, 1.82) is 0 Å². The van der Waals surface area contributed by atoms with Gasteiger partial charge in [-0.05, 0) is 36.5 Å². The zero-order valence-corrected chi connectivity index (χ0v) is 10.7. The number of hydrogen-bond acceptors (Lipinski definition) is 3. The van der Waals surface area contributed by atoms with Gasteiger partial charge < -0.3 is 9.84 Å². The number of benzene rings is 1. The zero-order valence-electron chi connectivity index (χ0n) is 10.7. The summed E-state index contributed by atoms with van der Waals surface area (Å²) >= 11 is 0. The number of ether oxygens (including phenoxy) is 1. The molecule has 0 amide bonds. The van der Waals surface area contributed by atoms with Crippen molar-refractivity contribution in [2.75, 3.05) is 0 Å². The molecule has 1 aliphatic carbocycles. The first-order chi connectivity index (χ1) is 9.36. The fourth-order valence-corrected chi connectivity index (χ4v) is 2.61. The first-order valence-electron chi connectivity index (χ1n) is 6.67. The molecule has 3 nitrogen and oxygen atoms in total. The molecule has 19 heavy (non-hydrogen) atoms. The maximum atomic E-state index is 9.11. The molecule has 0 bridgehead atoms. The molecule has 1 N–H and O–H groups in total. The maximum absolute atomic E-state index is 9.11. The molecule has 1 aromatic heterocycles.